The summed E-state index contributed by atoms with van der Waals surface area (Å²) in [5, 5.41) is 3.74. The molecule has 1 aromatic heterocycles. The van der Waals surface area contributed by atoms with E-state index in [0.717, 1.165) is 31.9 Å². The second-order valence-corrected chi connectivity index (χ2v) is 10.9. The van der Waals surface area contributed by atoms with Crippen LogP contribution in [0.5, 0.6) is 0 Å². The van der Waals surface area contributed by atoms with Crippen molar-refractivity contribution in [3.63, 3.8) is 0 Å². The monoisotopic (exact) mass is 437 g/mol. The molecule has 2 unspecified atom stereocenters. The molecule has 1 saturated carbocycles. The van der Waals surface area contributed by atoms with Crippen LogP contribution in [0.3, 0.4) is 0 Å². The Labute approximate surface area is 175 Å². The quantitative estimate of drug-likeness (QED) is 0.721. The molecule has 29 heavy (non-hydrogen) atoms. The lowest BCUT2D eigenvalue weighted by Crippen LogP contribution is -2.56. The number of amides is 2. The van der Waals surface area contributed by atoms with Gasteiger partial charge < -0.3 is 14.7 Å². The summed E-state index contributed by atoms with van der Waals surface area (Å²) in [6, 6.07) is 1.88. The van der Waals surface area contributed by atoms with Crippen molar-refractivity contribution in [2.75, 3.05) is 39.5 Å². The van der Waals surface area contributed by atoms with E-state index in [1.807, 2.05) is 21.7 Å². The van der Waals surface area contributed by atoms with E-state index < -0.39 is 9.84 Å². The highest BCUT2D eigenvalue weighted by Gasteiger charge is 2.46. The summed E-state index contributed by atoms with van der Waals surface area (Å²) < 4.78 is 25.2. The molecule has 0 N–H and O–H groups in total. The molecular formula is C20H27N3O4S2. The minimum absolute atomic E-state index is 0.0122. The van der Waals surface area contributed by atoms with Gasteiger partial charge in [0.1, 0.15) is 0 Å². The number of carbonyl (C=O) groups excluding carboxylic acids is 2. The number of thiophene rings is 1. The highest BCUT2D eigenvalue weighted by atomic mass is 32.2. The van der Waals surface area contributed by atoms with Gasteiger partial charge in [-0.1, -0.05) is 12.8 Å². The Bertz CT molecular complexity index is 931. The molecule has 1 aliphatic carbocycles. The molecule has 158 valence electrons. The van der Waals surface area contributed by atoms with Crippen molar-refractivity contribution in [3.05, 3.63) is 33.0 Å². The van der Waals surface area contributed by atoms with Gasteiger partial charge in [-0.05, 0) is 24.3 Å². The van der Waals surface area contributed by atoms with E-state index in [1.54, 1.807) is 11.9 Å². The fourth-order valence-corrected chi connectivity index (χ4v) is 6.68. The summed E-state index contributed by atoms with van der Waals surface area (Å²) in [7, 11) is -1.93. The molecule has 3 heterocycles. The predicted molar refractivity (Wildman–Crippen MR) is 112 cm³/mol. The first-order chi connectivity index (χ1) is 13.8. The molecule has 1 saturated heterocycles. The molecule has 9 heteroatoms. The lowest BCUT2D eigenvalue weighted by atomic mass is 9.78. The maximum Gasteiger partial charge on any atom is 0.267 e. The van der Waals surface area contributed by atoms with Gasteiger partial charge in [-0.3, -0.25) is 9.59 Å². The van der Waals surface area contributed by atoms with Crippen LogP contribution in [0, 0.1) is 5.92 Å². The maximum absolute atomic E-state index is 13.0. The zero-order chi connectivity index (χ0) is 20.8. The smallest absolute Gasteiger partial charge is 0.267 e. The summed E-state index contributed by atoms with van der Waals surface area (Å²) >= 11 is 1.50. The number of rotatable bonds is 3. The third-order valence-electron chi connectivity index (χ3n) is 6.37. The van der Waals surface area contributed by atoms with E-state index >= 15 is 0 Å². The van der Waals surface area contributed by atoms with Crippen LogP contribution in [0.2, 0.25) is 0 Å². The van der Waals surface area contributed by atoms with Crippen LogP contribution in [-0.2, 0) is 14.6 Å². The van der Waals surface area contributed by atoms with Crippen molar-refractivity contribution in [2.45, 2.75) is 31.7 Å². The van der Waals surface area contributed by atoms with Gasteiger partial charge in [-0.15, -0.1) is 0 Å². The predicted octanol–water partition coefficient (Wildman–Crippen LogP) is 1.79. The third kappa shape index (κ3) is 3.70. The van der Waals surface area contributed by atoms with E-state index in [-0.39, 0.29) is 28.7 Å². The zero-order valence-electron chi connectivity index (χ0n) is 16.8. The second-order valence-electron chi connectivity index (χ2n) is 8.15. The second kappa shape index (κ2) is 7.75. The van der Waals surface area contributed by atoms with Gasteiger partial charge in [-0.2, -0.15) is 11.3 Å². The topological polar surface area (TPSA) is 78.0 Å². The Morgan fingerprint density at radius 1 is 1.14 bits per heavy atom. The summed E-state index contributed by atoms with van der Waals surface area (Å²) in [6.07, 6.45) is 5.03. The molecule has 0 bridgehead atoms. The molecular weight excluding hydrogens is 410 g/mol. The minimum atomic E-state index is -3.65. The molecule has 2 aliphatic heterocycles. The van der Waals surface area contributed by atoms with Gasteiger partial charge in [0.05, 0.1) is 5.56 Å². The van der Waals surface area contributed by atoms with Gasteiger partial charge in [0.2, 0.25) is 0 Å². The highest BCUT2D eigenvalue weighted by Crippen LogP contribution is 2.41. The van der Waals surface area contributed by atoms with Crippen molar-refractivity contribution in [3.8, 4) is 0 Å². The molecule has 2 fully saturated rings. The fraction of sp³-hybridized carbons (Fsp3) is 0.600. The fourth-order valence-electron chi connectivity index (χ4n) is 4.93. The number of nitrogens with zero attached hydrogens (tertiary/aromatic N) is 3. The van der Waals surface area contributed by atoms with Crippen molar-refractivity contribution in [1.82, 2.24) is 14.7 Å². The maximum atomic E-state index is 13.0. The van der Waals surface area contributed by atoms with Crippen molar-refractivity contribution in [1.29, 1.82) is 0 Å². The number of hydrogen-bond donors (Lipinski definition) is 0. The lowest BCUT2D eigenvalue weighted by Gasteiger charge is -2.48. The Hall–Kier alpha value is -1.87. The van der Waals surface area contributed by atoms with Gasteiger partial charge >= 0.3 is 0 Å². The van der Waals surface area contributed by atoms with Crippen LogP contribution in [0.25, 0.3) is 0 Å². The molecule has 3 aliphatic rings. The van der Waals surface area contributed by atoms with Crippen LogP contribution < -0.4 is 0 Å². The molecule has 2 amide bonds. The normalized spacial score (nSPS) is 26.0. The molecule has 2 atom stereocenters. The molecule has 4 rings (SSSR count). The first-order valence-corrected chi connectivity index (χ1v) is 12.9. The number of likely N-dealkylation sites (N-methyl/N-ethyl adjacent to an activating group) is 1. The number of sulfone groups is 1. The Morgan fingerprint density at radius 3 is 2.45 bits per heavy atom. The lowest BCUT2D eigenvalue weighted by molar-refractivity contribution is -0.130. The largest absolute Gasteiger partial charge is 0.370 e. The number of piperazine rings is 1. The van der Waals surface area contributed by atoms with Crippen molar-refractivity contribution >= 4 is 33.0 Å². The molecule has 0 aromatic carbocycles. The van der Waals surface area contributed by atoms with E-state index in [0.29, 0.717) is 37.4 Å². The number of hydrogen-bond acceptors (Lipinski definition) is 6. The summed E-state index contributed by atoms with van der Waals surface area (Å²) in [4.78, 5) is 31.1. The van der Waals surface area contributed by atoms with Gasteiger partial charge in [0.15, 0.2) is 14.7 Å². The Balaban J connectivity index is 1.63. The van der Waals surface area contributed by atoms with Crippen molar-refractivity contribution < 1.29 is 18.0 Å². The van der Waals surface area contributed by atoms with E-state index in [1.165, 1.54) is 11.3 Å². The number of carbonyl (C=O) groups is 2. The third-order valence-corrected chi connectivity index (χ3v) is 8.18. The van der Waals surface area contributed by atoms with Crippen LogP contribution in [0.1, 0.15) is 36.0 Å². The zero-order valence-corrected chi connectivity index (χ0v) is 18.5. The van der Waals surface area contributed by atoms with Crippen molar-refractivity contribution in [2.24, 2.45) is 5.92 Å². The first kappa shape index (κ1) is 20.4. The Morgan fingerprint density at radius 2 is 1.83 bits per heavy atom. The van der Waals surface area contributed by atoms with Crippen LogP contribution in [0.15, 0.2) is 27.4 Å². The van der Waals surface area contributed by atoms with Gasteiger partial charge in [0, 0.05) is 62.5 Å². The van der Waals surface area contributed by atoms with Gasteiger partial charge in [-0.25, -0.2) is 8.42 Å². The standard InChI is InChI=1S/C20H27N3O4S2/c1-21-16-6-4-3-5-15(16)17(18(20(21)25)29(2,26)27)22-8-10-23(11-9-22)19(24)14-7-12-28-13-14/h7,12-13,15-16H,3-6,8-11H2,1-2H3. The van der Waals surface area contributed by atoms with Crippen LogP contribution >= 0.6 is 11.3 Å². The first-order valence-electron chi connectivity index (χ1n) is 10.1. The van der Waals surface area contributed by atoms with Crippen LogP contribution in [-0.4, -0.2) is 80.5 Å². The van der Waals surface area contributed by atoms with E-state index in [4.69, 9.17) is 0 Å². The average molecular weight is 438 g/mol. The van der Waals surface area contributed by atoms with Crippen LogP contribution in [0.4, 0.5) is 0 Å². The summed E-state index contributed by atoms with van der Waals surface area (Å²) in [5.41, 5.74) is 1.39. The van der Waals surface area contributed by atoms with Gasteiger partial charge in [0.25, 0.3) is 11.8 Å². The summed E-state index contributed by atoms with van der Waals surface area (Å²) in [6.45, 7) is 2.14. The highest BCUT2D eigenvalue weighted by molar-refractivity contribution is 7.95. The molecule has 7 nitrogen and oxygen atoms in total. The summed E-state index contributed by atoms with van der Waals surface area (Å²) in [5.74, 6) is -0.323. The van der Waals surface area contributed by atoms with E-state index in [2.05, 4.69) is 4.90 Å². The minimum Gasteiger partial charge on any atom is -0.370 e. The Kier molecular flexibility index (Phi) is 5.46. The average Bonchev–Trinajstić information content (AvgIpc) is 3.24. The molecule has 0 radical (unpaired) electrons. The number of fused-ring (bicyclic) bond motifs is 1. The molecule has 0 spiro atoms. The molecule has 1 aromatic rings. The van der Waals surface area contributed by atoms with E-state index in [9.17, 15) is 18.0 Å². The SMILES string of the molecule is CN1C(=O)C(S(C)(=O)=O)=C(N2CCN(C(=O)c3ccsc3)CC2)C2CCCCC21.